The van der Waals surface area contributed by atoms with Crippen LogP contribution in [0.1, 0.15) is 52.4 Å². The van der Waals surface area contributed by atoms with Crippen LogP contribution in [0.4, 0.5) is 0 Å². The number of Topliss-reactive ketones (excluding diaryl/α,β-unsaturated/α-hetero) is 1. The predicted octanol–water partition coefficient (Wildman–Crippen LogP) is 1.92. The molecule has 2 amide bonds. The Kier molecular flexibility index (Phi) is 5.32. The van der Waals surface area contributed by atoms with Gasteiger partial charge in [-0.05, 0) is 12.8 Å². The Balaban J connectivity index is 2.17. The molecule has 1 aliphatic rings. The SMILES string of the molecule is CCC(=O)CCCCCN1C(=O)CC(C)C1=O. The van der Waals surface area contributed by atoms with Crippen LogP contribution in [-0.2, 0) is 14.4 Å². The van der Waals surface area contributed by atoms with Gasteiger partial charge in [0.15, 0.2) is 0 Å². The molecule has 0 spiro atoms. The summed E-state index contributed by atoms with van der Waals surface area (Å²) >= 11 is 0. The third kappa shape index (κ3) is 3.95. The van der Waals surface area contributed by atoms with E-state index in [0.717, 1.165) is 19.3 Å². The molecule has 96 valence electrons. The zero-order valence-corrected chi connectivity index (χ0v) is 10.7. The molecular weight excluding hydrogens is 218 g/mol. The van der Waals surface area contributed by atoms with E-state index < -0.39 is 0 Å². The second-order valence-electron chi connectivity index (χ2n) is 4.69. The number of ketones is 1. The van der Waals surface area contributed by atoms with Crippen molar-refractivity contribution < 1.29 is 14.4 Å². The highest BCUT2D eigenvalue weighted by atomic mass is 16.2. The number of rotatable bonds is 7. The lowest BCUT2D eigenvalue weighted by Crippen LogP contribution is -2.31. The predicted molar refractivity (Wildman–Crippen MR) is 64.3 cm³/mol. The first-order valence-corrected chi connectivity index (χ1v) is 6.42. The summed E-state index contributed by atoms with van der Waals surface area (Å²) < 4.78 is 0. The van der Waals surface area contributed by atoms with E-state index in [0.29, 0.717) is 25.8 Å². The number of amides is 2. The standard InChI is InChI=1S/C13H21NO3/c1-3-11(15)7-5-4-6-8-14-12(16)9-10(2)13(14)17/h10H,3-9H2,1-2H3. The van der Waals surface area contributed by atoms with Gasteiger partial charge in [-0.2, -0.15) is 0 Å². The molecule has 1 aliphatic heterocycles. The van der Waals surface area contributed by atoms with Crippen molar-refractivity contribution in [3.05, 3.63) is 0 Å². The second kappa shape index (κ2) is 6.52. The van der Waals surface area contributed by atoms with Crippen LogP contribution in [0.25, 0.3) is 0 Å². The van der Waals surface area contributed by atoms with E-state index in [4.69, 9.17) is 0 Å². The first-order valence-electron chi connectivity index (χ1n) is 6.42. The summed E-state index contributed by atoms with van der Waals surface area (Å²) in [4.78, 5) is 35.5. The number of unbranched alkanes of at least 4 members (excludes halogenated alkanes) is 2. The Morgan fingerprint density at radius 2 is 2.00 bits per heavy atom. The topological polar surface area (TPSA) is 54.5 Å². The quantitative estimate of drug-likeness (QED) is 0.504. The van der Waals surface area contributed by atoms with Crippen LogP contribution in [0.15, 0.2) is 0 Å². The van der Waals surface area contributed by atoms with Gasteiger partial charge in [-0.3, -0.25) is 19.3 Å². The van der Waals surface area contributed by atoms with E-state index in [-0.39, 0.29) is 23.5 Å². The summed E-state index contributed by atoms with van der Waals surface area (Å²) in [6.45, 7) is 4.17. The molecule has 1 heterocycles. The maximum atomic E-state index is 11.6. The van der Waals surface area contributed by atoms with Gasteiger partial charge < -0.3 is 0 Å². The number of carbonyl (C=O) groups is 3. The fraction of sp³-hybridized carbons (Fsp3) is 0.769. The van der Waals surface area contributed by atoms with Crippen molar-refractivity contribution in [1.82, 2.24) is 4.90 Å². The highest BCUT2D eigenvalue weighted by molar-refractivity contribution is 6.03. The van der Waals surface area contributed by atoms with Gasteiger partial charge in [-0.1, -0.05) is 20.3 Å². The van der Waals surface area contributed by atoms with Crippen LogP contribution in [0.5, 0.6) is 0 Å². The minimum absolute atomic E-state index is 0.0420. The second-order valence-corrected chi connectivity index (χ2v) is 4.69. The summed E-state index contributed by atoms with van der Waals surface area (Å²) in [6, 6.07) is 0. The van der Waals surface area contributed by atoms with E-state index in [2.05, 4.69) is 0 Å². The minimum Gasteiger partial charge on any atom is -0.300 e. The van der Waals surface area contributed by atoms with Gasteiger partial charge >= 0.3 is 0 Å². The molecule has 0 aromatic heterocycles. The third-order valence-electron chi connectivity index (χ3n) is 3.20. The summed E-state index contributed by atoms with van der Waals surface area (Å²) in [5.74, 6) is 0.0443. The van der Waals surface area contributed by atoms with Crippen molar-refractivity contribution in [3.8, 4) is 0 Å². The highest BCUT2D eigenvalue weighted by Crippen LogP contribution is 2.19. The van der Waals surface area contributed by atoms with Gasteiger partial charge in [-0.15, -0.1) is 0 Å². The lowest BCUT2D eigenvalue weighted by atomic mass is 10.1. The molecule has 0 aromatic rings. The number of nitrogens with zero attached hydrogens (tertiary/aromatic N) is 1. The monoisotopic (exact) mass is 239 g/mol. The average Bonchev–Trinajstić information content (AvgIpc) is 2.54. The smallest absolute Gasteiger partial charge is 0.232 e. The summed E-state index contributed by atoms with van der Waals surface area (Å²) in [5, 5.41) is 0. The lowest BCUT2D eigenvalue weighted by Gasteiger charge is -2.13. The molecule has 0 radical (unpaired) electrons. The van der Waals surface area contributed by atoms with Crippen molar-refractivity contribution in [2.24, 2.45) is 5.92 Å². The molecule has 4 heteroatoms. The Hall–Kier alpha value is -1.19. The molecule has 0 N–H and O–H groups in total. The first kappa shape index (κ1) is 13.9. The molecule has 17 heavy (non-hydrogen) atoms. The third-order valence-corrected chi connectivity index (χ3v) is 3.20. The van der Waals surface area contributed by atoms with Gasteiger partial charge in [0.2, 0.25) is 11.8 Å². The van der Waals surface area contributed by atoms with Gasteiger partial charge in [0.25, 0.3) is 0 Å². The van der Waals surface area contributed by atoms with Crippen LogP contribution < -0.4 is 0 Å². The molecule has 1 rings (SSSR count). The summed E-state index contributed by atoms with van der Waals surface area (Å²) in [6.07, 6.45) is 4.14. The van der Waals surface area contributed by atoms with E-state index in [1.807, 2.05) is 6.92 Å². The Labute approximate surface area is 102 Å². The van der Waals surface area contributed by atoms with Gasteiger partial charge in [0, 0.05) is 31.7 Å². The first-order chi connectivity index (χ1) is 8.06. The van der Waals surface area contributed by atoms with Crippen molar-refractivity contribution in [2.75, 3.05) is 6.54 Å². The van der Waals surface area contributed by atoms with E-state index in [1.54, 1.807) is 6.92 Å². The van der Waals surface area contributed by atoms with Gasteiger partial charge in [0.1, 0.15) is 5.78 Å². The molecule has 1 fully saturated rings. The van der Waals surface area contributed by atoms with Crippen LogP contribution in [0.2, 0.25) is 0 Å². The van der Waals surface area contributed by atoms with Gasteiger partial charge in [0.05, 0.1) is 0 Å². The summed E-state index contributed by atoms with van der Waals surface area (Å²) in [7, 11) is 0. The number of carbonyl (C=O) groups excluding carboxylic acids is 3. The zero-order valence-electron chi connectivity index (χ0n) is 10.7. The molecule has 1 atom stereocenters. The maximum Gasteiger partial charge on any atom is 0.232 e. The molecule has 1 saturated heterocycles. The van der Waals surface area contributed by atoms with E-state index in [9.17, 15) is 14.4 Å². The zero-order chi connectivity index (χ0) is 12.8. The van der Waals surface area contributed by atoms with Crippen molar-refractivity contribution in [2.45, 2.75) is 52.4 Å². The fourth-order valence-electron chi connectivity index (χ4n) is 2.03. The Morgan fingerprint density at radius 1 is 1.29 bits per heavy atom. The molecular formula is C13H21NO3. The summed E-state index contributed by atoms with van der Waals surface area (Å²) in [5.41, 5.74) is 0. The number of hydrogen-bond acceptors (Lipinski definition) is 3. The highest BCUT2D eigenvalue weighted by Gasteiger charge is 2.34. The van der Waals surface area contributed by atoms with Crippen LogP contribution in [-0.4, -0.2) is 29.0 Å². The normalized spacial score (nSPS) is 20.1. The van der Waals surface area contributed by atoms with Crippen molar-refractivity contribution >= 4 is 17.6 Å². The van der Waals surface area contributed by atoms with E-state index in [1.165, 1.54) is 4.90 Å². The molecule has 4 nitrogen and oxygen atoms in total. The molecule has 0 aromatic carbocycles. The number of hydrogen-bond donors (Lipinski definition) is 0. The van der Waals surface area contributed by atoms with Crippen LogP contribution >= 0.6 is 0 Å². The van der Waals surface area contributed by atoms with Crippen LogP contribution in [0, 0.1) is 5.92 Å². The van der Waals surface area contributed by atoms with Crippen molar-refractivity contribution in [3.63, 3.8) is 0 Å². The Bertz CT molecular complexity index is 312. The largest absolute Gasteiger partial charge is 0.300 e. The minimum atomic E-state index is -0.149. The number of likely N-dealkylation sites (tertiary alicyclic amines) is 1. The fourth-order valence-corrected chi connectivity index (χ4v) is 2.03. The van der Waals surface area contributed by atoms with Crippen LogP contribution in [0.3, 0.4) is 0 Å². The molecule has 0 bridgehead atoms. The maximum absolute atomic E-state index is 11.6. The lowest BCUT2D eigenvalue weighted by molar-refractivity contribution is -0.139. The number of imide groups is 1. The molecule has 1 unspecified atom stereocenters. The molecule has 0 aliphatic carbocycles. The molecule has 0 saturated carbocycles. The Morgan fingerprint density at radius 3 is 2.53 bits per heavy atom. The average molecular weight is 239 g/mol. The van der Waals surface area contributed by atoms with Crippen molar-refractivity contribution in [1.29, 1.82) is 0 Å². The van der Waals surface area contributed by atoms with E-state index >= 15 is 0 Å². The van der Waals surface area contributed by atoms with Gasteiger partial charge in [-0.25, -0.2) is 0 Å².